The second-order valence-corrected chi connectivity index (χ2v) is 6.30. The summed E-state index contributed by atoms with van der Waals surface area (Å²) >= 11 is 4.35. The Morgan fingerprint density at radius 3 is 2.71 bits per heavy atom. The average molecular weight is 373 g/mol. The SMILES string of the molecule is Fc1cc(F)c2sc(CNc3cccc(Br)c3)nc2c1F. The quantitative estimate of drug-likeness (QED) is 0.647. The van der Waals surface area contributed by atoms with Crippen LogP contribution in [0.15, 0.2) is 34.8 Å². The largest absolute Gasteiger partial charge is 0.378 e. The van der Waals surface area contributed by atoms with Crippen LogP contribution in [0.1, 0.15) is 5.01 Å². The molecule has 0 saturated carbocycles. The van der Waals surface area contributed by atoms with Crippen molar-refractivity contribution in [3.63, 3.8) is 0 Å². The summed E-state index contributed by atoms with van der Waals surface area (Å²) < 4.78 is 41.3. The van der Waals surface area contributed by atoms with E-state index in [0.717, 1.165) is 21.5 Å². The molecule has 0 radical (unpaired) electrons. The molecule has 21 heavy (non-hydrogen) atoms. The molecular formula is C14H8BrF3N2S. The predicted molar refractivity (Wildman–Crippen MR) is 81.0 cm³/mol. The predicted octanol–water partition coefficient (Wildman–Crippen LogP) is 5.09. The van der Waals surface area contributed by atoms with Gasteiger partial charge in [-0.3, -0.25) is 0 Å². The third kappa shape index (κ3) is 2.89. The number of thiazole rings is 1. The zero-order valence-electron chi connectivity index (χ0n) is 10.5. The molecule has 0 amide bonds. The van der Waals surface area contributed by atoms with Crippen molar-refractivity contribution in [3.8, 4) is 0 Å². The van der Waals surface area contributed by atoms with Gasteiger partial charge in [-0.2, -0.15) is 0 Å². The van der Waals surface area contributed by atoms with E-state index >= 15 is 0 Å². The van der Waals surface area contributed by atoms with E-state index in [-0.39, 0.29) is 10.2 Å². The summed E-state index contributed by atoms with van der Waals surface area (Å²) in [7, 11) is 0. The van der Waals surface area contributed by atoms with Gasteiger partial charge in [-0.1, -0.05) is 22.0 Å². The lowest BCUT2D eigenvalue weighted by atomic mass is 10.3. The van der Waals surface area contributed by atoms with Crippen molar-refractivity contribution in [1.29, 1.82) is 0 Å². The molecular weight excluding hydrogens is 365 g/mol. The number of halogens is 4. The Hall–Kier alpha value is -1.60. The molecule has 0 atom stereocenters. The monoisotopic (exact) mass is 372 g/mol. The van der Waals surface area contributed by atoms with Crippen molar-refractivity contribution in [2.45, 2.75) is 6.54 Å². The van der Waals surface area contributed by atoms with Crippen LogP contribution in [0.5, 0.6) is 0 Å². The van der Waals surface area contributed by atoms with Gasteiger partial charge in [0.05, 0.1) is 11.2 Å². The molecule has 0 spiro atoms. The van der Waals surface area contributed by atoms with Gasteiger partial charge >= 0.3 is 0 Å². The first-order chi connectivity index (χ1) is 10.0. The highest BCUT2D eigenvalue weighted by atomic mass is 79.9. The Kier molecular flexibility index (Phi) is 3.86. The van der Waals surface area contributed by atoms with E-state index in [9.17, 15) is 13.2 Å². The Morgan fingerprint density at radius 1 is 1.14 bits per heavy atom. The second-order valence-electron chi connectivity index (χ2n) is 4.30. The van der Waals surface area contributed by atoms with E-state index in [1.54, 1.807) is 0 Å². The second kappa shape index (κ2) is 5.65. The Balaban J connectivity index is 1.88. The van der Waals surface area contributed by atoms with Crippen LogP contribution in [-0.4, -0.2) is 4.98 Å². The molecule has 0 aliphatic carbocycles. The molecule has 0 bridgehead atoms. The lowest BCUT2D eigenvalue weighted by Crippen LogP contribution is -1.98. The molecule has 2 aromatic carbocycles. The van der Waals surface area contributed by atoms with Crippen LogP contribution in [0.3, 0.4) is 0 Å². The van der Waals surface area contributed by atoms with Gasteiger partial charge in [0, 0.05) is 16.2 Å². The molecule has 0 aliphatic rings. The van der Waals surface area contributed by atoms with Crippen molar-refractivity contribution in [2.24, 2.45) is 0 Å². The number of nitrogens with one attached hydrogen (secondary N) is 1. The normalized spacial score (nSPS) is 11.0. The van der Waals surface area contributed by atoms with Gasteiger partial charge in [0.1, 0.15) is 16.3 Å². The van der Waals surface area contributed by atoms with E-state index in [1.807, 2.05) is 24.3 Å². The molecule has 108 valence electrons. The minimum atomic E-state index is -1.23. The summed E-state index contributed by atoms with van der Waals surface area (Å²) in [5.74, 6) is -3.14. The van der Waals surface area contributed by atoms with Crippen LogP contribution < -0.4 is 5.32 Å². The van der Waals surface area contributed by atoms with Crippen molar-refractivity contribution in [3.05, 3.63) is 57.3 Å². The Bertz CT molecular complexity index is 819. The smallest absolute Gasteiger partial charge is 0.186 e. The molecule has 0 saturated heterocycles. The number of benzene rings is 2. The first-order valence-electron chi connectivity index (χ1n) is 5.97. The summed E-state index contributed by atoms with van der Waals surface area (Å²) in [5, 5.41) is 3.58. The number of hydrogen-bond acceptors (Lipinski definition) is 3. The molecule has 7 heteroatoms. The average Bonchev–Trinajstić information content (AvgIpc) is 2.88. The molecule has 0 unspecified atom stereocenters. The summed E-state index contributed by atoms with van der Waals surface area (Å²) in [6, 6.07) is 8.02. The number of anilines is 1. The minimum Gasteiger partial charge on any atom is -0.378 e. The van der Waals surface area contributed by atoms with Gasteiger partial charge in [0.2, 0.25) is 0 Å². The van der Waals surface area contributed by atoms with Gasteiger partial charge in [-0.25, -0.2) is 18.2 Å². The van der Waals surface area contributed by atoms with Gasteiger partial charge < -0.3 is 5.32 Å². The standard InChI is InChI=1S/C14H8BrF3N2S/c15-7-2-1-3-8(4-7)19-6-11-20-13-12(18)9(16)5-10(17)14(13)21-11/h1-5,19H,6H2. The van der Waals surface area contributed by atoms with Crippen molar-refractivity contribution in [2.75, 3.05) is 5.32 Å². The van der Waals surface area contributed by atoms with E-state index in [1.165, 1.54) is 0 Å². The number of rotatable bonds is 3. The molecule has 1 N–H and O–H groups in total. The maximum Gasteiger partial charge on any atom is 0.186 e. The molecule has 1 aromatic heterocycles. The van der Waals surface area contributed by atoms with Crippen molar-refractivity contribution < 1.29 is 13.2 Å². The van der Waals surface area contributed by atoms with Crippen LogP contribution in [0.4, 0.5) is 18.9 Å². The summed E-state index contributed by atoms with van der Waals surface area (Å²) in [4.78, 5) is 3.96. The number of aromatic nitrogens is 1. The van der Waals surface area contributed by atoms with Gasteiger partial charge in [-0.05, 0) is 18.2 Å². The van der Waals surface area contributed by atoms with E-state index < -0.39 is 17.5 Å². The lowest BCUT2D eigenvalue weighted by molar-refractivity contribution is 0.504. The number of fused-ring (bicyclic) bond motifs is 1. The first kappa shape index (κ1) is 14.3. The van der Waals surface area contributed by atoms with Crippen LogP contribution >= 0.6 is 27.3 Å². The lowest BCUT2D eigenvalue weighted by Gasteiger charge is -2.03. The molecule has 3 rings (SSSR count). The van der Waals surface area contributed by atoms with Crippen LogP contribution in [0, 0.1) is 17.5 Å². The molecule has 2 nitrogen and oxygen atoms in total. The fraction of sp³-hybridized carbons (Fsp3) is 0.0714. The zero-order chi connectivity index (χ0) is 15.0. The van der Waals surface area contributed by atoms with E-state index in [4.69, 9.17) is 0 Å². The van der Waals surface area contributed by atoms with Crippen molar-refractivity contribution in [1.82, 2.24) is 4.98 Å². The van der Waals surface area contributed by atoms with Gasteiger partial charge in [0.25, 0.3) is 0 Å². The van der Waals surface area contributed by atoms with Crippen molar-refractivity contribution >= 4 is 43.2 Å². The fourth-order valence-electron chi connectivity index (χ4n) is 1.88. The molecule has 0 aliphatic heterocycles. The molecule has 1 heterocycles. The third-order valence-electron chi connectivity index (χ3n) is 2.83. The third-order valence-corrected chi connectivity index (χ3v) is 4.38. The van der Waals surface area contributed by atoms with Gasteiger partial charge in [0.15, 0.2) is 11.6 Å². The van der Waals surface area contributed by atoms with Gasteiger partial charge in [-0.15, -0.1) is 11.3 Å². The van der Waals surface area contributed by atoms with Crippen LogP contribution in [0.2, 0.25) is 0 Å². The highest BCUT2D eigenvalue weighted by Gasteiger charge is 2.17. The van der Waals surface area contributed by atoms with Crippen LogP contribution in [-0.2, 0) is 6.54 Å². The summed E-state index contributed by atoms with van der Waals surface area (Å²) in [6.07, 6.45) is 0. The Morgan fingerprint density at radius 2 is 1.95 bits per heavy atom. The number of nitrogens with zero attached hydrogens (tertiary/aromatic N) is 1. The van der Waals surface area contributed by atoms with Crippen LogP contribution in [0.25, 0.3) is 10.2 Å². The summed E-state index contributed by atoms with van der Waals surface area (Å²) in [6.45, 7) is 0.302. The van der Waals surface area contributed by atoms with E-state index in [0.29, 0.717) is 17.6 Å². The van der Waals surface area contributed by atoms with E-state index in [2.05, 4.69) is 26.2 Å². The molecule has 0 fully saturated rings. The highest BCUT2D eigenvalue weighted by Crippen LogP contribution is 2.29. The number of hydrogen-bond donors (Lipinski definition) is 1. The topological polar surface area (TPSA) is 24.9 Å². The highest BCUT2D eigenvalue weighted by molar-refractivity contribution is 9.10. The first-order valence-corrected chi connectivity index (χ1v) is 7.58. The maximum atomic E-state index is 13.6. The summed E-state index contributed by atoms with van der Waals surface area (Å²) in [5.41, 5.74) is 0.583. The Labute approximate surface area is 130 Å². The maximum absolute atomic E-state index is 13.6. The molecule has 3 aromatic rings. The fourth-order valence-corrected chi connectivity index (χ4v) is 3.18. The minimum absolute atomic E-state index is 0.0277. The zero-order valence-corrected chi connectivity index (χ0v) is 12.9.